The molecule has 0 radical (unpaired) electrons. The molecule has 31 heavy (non-hydrogen) atoms. The van der Waals surface area contributed by atoms with Gasteiger partial charge in [0.2, 0.25) is 0 Å². The van der Waals surface area contributed by atoms with Crippen LogP contribution in [-0.2, 0) is 0 Å². The minimum Gasteiger partial charge on any atom is -0.478 e. The fraction of sp³-hybridized carbons (Fsp3) is 0.440. The van der Waals surface area contributed by atoms with E-state index in [1.54, 1.807) is 60.7 Å². The number of carbonyl (C=O) groups is 2. The molecule has 2 rings (SSSR count). The van der Waals surface area contributed by atoms with Gasteiger partial charge in [-0.3, -0.25) is 0 Å². The fourth-order valence-electron chi connectivity index (χ4n) is 3.02. The highest BCUT2D eigenvalue weighted by Crippen LogP contribution is 2.20. The lowest BCUT2D eigenvalue weighted by Gasteiger charge is -2.19. The maximum Gasteiger partial charge on any atom is 0.335 e. The Kier molecular flexibility index (Phi) is 16.5. The Labute approximate surface area is 185 Å². The van der Waals surface area contributed by atoms with Crippen LogP contribution in [0.2, 0.25) is 0 Å². The van der Waals surface area contributed by atoms with Crippen molar-refractivity contribution in [1.29, 1.82) is 0 Å². The van der Waals surface area contributed by atoms with Crippen molar-refractivity contribution in [3.8, 4) is 0 Å². The van der Waals surface area contributed by atoms with E-state index in [2.05, 4.69) is 13.8 Å². The summed E-state index contributed by atoms with van der Waals surface area (Å²) < 4.78 is 0. The first-order chi connectivity index (χ1) is 14.9. The number of aromatic carboxylic acids is 2. The quantitative estimate of drug-likeness (QED) is 0.422. The number of carboxylic acids is 2. The maximum absolute atomic E-state index is 10.2. The van der Waals surface area contributed by atoms with Crippen LogP contribution >= 0.6 is 0 Å². The Morgan fingerprint density at radius 1 is 0.677 bits per heavy atom. The molecule has 0 saturated carbocycles. The summed E-state index contributed by atoms with van der Waals surface area (Å²) in [5.41, 5.74) is 0.662. The minimum atomic E-state index is -0.879. The number of carboxylic acid groups (broad SMARTS) is 2. The molecule has 0 spiro atoms. The fourth-order valence-corrected chi connectivity index (χ4v) is 3.02. The number of benzene rings is 2. The zero-order chi connectivity index (χ0) is 23.5. The second-order valence-electron chi connectivity index (χ2n) is 7.25. The van der Waals surface area contributed by atoms with Crippen molar-refractivity contribution in [2.75, 3.05) is 13.2 Å². The summed E-state index contributed by atoms with van der Waals surface area (Å²) in [7, 11) is 0. The van der Waals surface area contributed by atoms with Gasteiger partial charge in [-0.2, -0.15) is 0 Å². The first-order valence-corrected chi connectivity index (χ1v) is 10.7. The highest BCUT2D eigenvalue weighted by atomic mass is 16.4. The molecule has 0 aliphatic carbocycles. The van der Waals surface area contributed by atoms with Crippen LogP contribution in [0, 0.1) is 11.8 Å². The van der Waals surface area contributed by atoms with Gasteiger partial charge in [0.05, 0.1) is 11.1 Å². The smallest absolute Gasteiger partial charge is 0.335 e. The third kappa shape index (κ3) is 14.0. The van der Waals surface area contributed by atoms with Crippen molar-refractivity contribution >= 4 is 11.9 Å². The van der Waals surface area contributed by atoms with Crippen LogP contribution in [-0.4, -0.2) is 45.6 Å². The molecule has 0 saturated heterocycles. The standard InChI is InChI=1S/C11H24O2.2C7H6O2/c1-3-5-10(8-12)7-11(9-13)6-4-2;2*8-7(9)6-4-2-1-3-5-6/h10-13H,3-9H2,1-2H3;2*1-5H,(H,8,9). The van der Waals surface area contributed by atoms with Gasteiger partial charge in [0.25, 0.3) is 0 Å². The summed E-state index contributed by atoms with van der Waals surface area (Å²) in [4.78, 5) is 20.4. The van der Waals surface area contributed by atoms with Crippen molar-refractivity contribution in [3.05, 3.63) is 71.8 Å². The van der Waals surface area contributed by atoms with E-state index in [4.69, 9.17) is 20.4 Å². The second kappa shape index (κ2) is 18.1. The molecule has 0 aliphatic rings. The highest BCUT2D eigenvalue weighted by Gasteiger charge is 2.13. The van der Waals surface area contributed by atoms with Gasteiger partial charge in [-0.25, -0.2) is 9.59 Å². The van der Waals surface area contributed by atoms with Gasteiger partial charge in [-0.1, -0.05) is 63.1 Å². The minimum absolute atomic E-state index is 0.272. The van der Waals surface area contributed by atoms with E-state index in [-0.39, 0.29) is 13.2 Å². The van der Waals surface area contributed by atoms with Crippen LogP contribution in [0.4, 0.5) is 0 Å². The average Bonchev–Trinajstić information content (AvgIpc) is 2.80. The van der Waals surface area contributed by atoms with Crippen LogP contribution in [0.25, 0.3) is 0 Å². The predicted octanol–water partition coefficient (Wildman–Crippen LogP) is 4.96. The Bertz CT molecular complexity index is 641. The molecule has 2 unspecified atom stereocenters. The Hall–Kier alpha value is -2.70. The van der Waals surface area contributed by atoms with E-state index in [0.29, 0.717) is 23.0 Å². The topological polar surface area (TPSA) is 115 Å². The number of hydrogen-bond acceptors (Lipinski definition) is 4. The molecule has 2 aromatic carbocycles. The number of hydrogen-bond donors (Lipinski definition) is 4. The molecule has 0 bridgehead atoms. The van der Waals surface area contributed by atoms with Crippen molar-refractivity contribution in [3.63, 3.8) is 0 Å². The molecule has 0 aliphatic heterocycles. The summed E-state index contributed by atoms with van der Waals surface area (Å²) in [5, 5.41) is 34.9. The monoisotopic (exact) mass is 432 g/mol. The van der Waals surface area contributed by atoms with E-state index in [9.17, 15) is 9.59 Å². The van der Waals surface area contributed by atoms with E-state index in [1.807, 2.05) is 0 Å². The third-order valence-corrected chi connectivity index (χ3v) is 4.62. The molecule has 6 nitrogen and oxygen atoms in total. The zero-order valence-electron chi connectivity index (χ0n) is 18.5. The van der Waals surface area contributed by atoms with Gasteiger partial charge in [0, 0.05) is 13.2 Å². The molecule has 2 atom stereocenters. The highest BCUT2D eigenvalue weighted by molar-refractivity contribution is 5.87. The van der Waals surface area contributed by atoms with Gasteiger partial charge < -0.3 is 20.4 Å². The van der Waals surface area contributed by atoms with E-state index in [1.165, 1.54) is 0 Å². The van der Waals surface area contributed by atoms with Gasteiger partial charge in [-0.15, -0.1) is 0 Å². The van der Waals surface area contributed by atoms with Gasteiger partial charge in [-0.05, 0) is 55.4 Å². The van der Waals surface area contributed by atoms with Crippen LogP contribution in [0.3, 0.4) is 0 Å². The average molecular weight is 433 g/mol. The largest absolute Gasteiger partial charge is 0.478 e. The SMILES string of the molecule is CCCC(CO)CC(CO)CCC.O=C(O)c1ccccc1.O=C(O)c1ccccc1. The van der Waals surface area contributed by atoms with Crippen LogP contribution < -0.4 is 0 Å². The molecule has 6 heteroatoms. The van der Waals surface area contributed by atoms with Crippen molar-refractivity contribution in [1.82, 2.24) is 0 Å². The second-order valence-corrected chi connectivity index (χ2v) is 7.25. The van der Waals surface area contributed by atoms with Gasteiger partial charge in [0.1, 0.15) is 0 Å². The molecule has 0 heterocycles. The first kappa shape index (κ1) is 28.3. The molecular weight excluding hydrogens is 396 g/mol. The Morgan fingerprint density at radius 2 is 1.00 bits per heavy atom. The zero-order valence-corrected chi connectivity index (χ0v) is 18.5. The maximum atomic E-state index is 10.2. The van der Waals surface area contributed by atoms with E-state index in [0.717, 1.165) is 32.1 Å². The Morgan fingerprint density at radius 3 is 1.19 bits per heavy atom. The molecule has 4 N–H and O–H groups in total. The number of aliphatic hydroxyl groups is 2. The lowest BCUT2D eigenvalue weighted by atomic mass is 9.89. The van der Waals surface area contributed by atoms with Gasteiger partial charge in [0.15, 0.2) is 0 Å². The third-order valence-electron chi connectivity index (χ3n) is 4.62. The number of rotatable bonds is 10. The summed E-state index contributed by atoms with van der Waals surface area (Å²) in [6.07, 6.45) is 5.38. The Balaban J connectivity index is 0.000000445. The van der Waals surface area contributed by atoms with Crippen LogP contribution in [0.1, 0.15) is 66.7 Å². The molecular formula is C25H36O6. The normalized spacial score (nSPS) is 11.7. The van der Waals surface area contributed by atoms with E-state index < -0.39 is 11.9 Å². The van der Waals surface area contributed by atoms with Crippen molar-refractivity contribution in [2.45, 2.75) is 46.0 Å². The molecule has 0 fully saturated rings. The first-order valence-electron chi connectivity index (χ1n) is 10.7. The molecule has 172 valence electrons. The molecule has 0 amide bonds. The van der Waals surface area contributed by atoms with Crippen LogP contribution in [0.5, 0.6) is 0 Å². The molecule has 2 aromatic rings. The summed E-state index contributed by atoms with van der Waals surface area (Å²) >= 11 is 0. The lowest BCUT2D eigenvalue weighted by Crippen LogP contribution is -2.15. The summed E-state index contributed by atoms with van der Waals surface area (Å²) in [6.45, 7) is 4.81. The van der Waals surface area contributed by atoms with E-state index >= 15 is 0 Å². The molecule has 0 aromatic heterocycles. The summed E-state index contributed by atoms with van der Waals surface area (Å²) in [5.74, 6) is -0.964. The van der Waals surface area contributed by atoms with Gasteiger partial charge >= 0.3 is 11.9 Å². The predicted molar refractivity (Wildman–Crippen MR) is 122 cm³/mol. The number of aliphatic hydroxyl groups excluding tert-OH is 2. The lowest BCUT2D eigenvalue weighted by molar-refractivity contribution is 0.0686. The van der Waals surface area contributed by atoms with Crippen molar-refractivity contribution < 1.29 is 30.0 Å². The van der Waals surface area contributed by atoms with Crippen molar-refractivity contribution in [2.24, 2.45) is 11.8 Å². The summed E-state index contributed by atoms with van der Waals surface area (Å²) in [6, 6.07) is 16.6. The van der Waals surface area contributed by atoms with Crippen LogP contribution in [0.15, 0.2) is 60.7 Å².